The van der Waals surface area contributed by atoms with Crippen molar-refractivity contribution in [1.82, 2.24) is 0 Å². The van der Waals surface area contributed by atoms with E-state index in [2.05, 4.69) is 21.7 Å². The van der Waals surface area contributed by atoms with Gasteiger partial charge in [-0.15, -0.1) is 0 Å². The summed E-state index contributed by atoms with van der Waals surface area (Å²) >= 11 is 3.87. The van der Waals surface area contributed by atoms with Crippen LogP contribution in [-0.2, 0) is 4.79 Å². The van der Waals surface area contributed by atoms with E-state index in [1.165, 1.54) is 19.3 Å². The van der Waals surface area contributed by atoms with Gasteiger partial charge >= 0.3 is 0 Å². The van der Waals surface area contributed by atoms with Crippen molar-refractivity contribution in [3.05, 3.63) is 0 Å². The molecule has 0 spiro atoms. The van der Waals surface area contributed by atoms with Crippen LogP contribution < -0.4 is 10.8 Å². The Labute approximate surface area is 104 Å². The summed E-state index contributed by atoms with van der Waals surface area (Å²) in [5.41, 5.74) is 3.80. The van der Waals surface area contributed by atoms with Crippen LogP contribution in [0.15, 0.2) is 0 Å². The van der Waals surface area contributed by atoms with Crippen LogP contribution in [0.1, 0.15) is 38.5 Å². The predicted molar refractivity (Wildman–Crippen MR) is 60.5 cm³/mol. The monoisotopic (exact) mass is 287 g/mol. The van der Waals surface area contributed by atoms with Gasteiger partial charge in [-0.25, -0.2) is 0 Å². The number of rotatable bonds is 2. The molecule has 4 aliphatic rings. The van der Waals surface area contributed by atoms with Crippen LogP contribution in [0.2, 0.25) is 0 Å². The topological polar surface area (TPSA) is 67.8 Å². The highest BCUT2D eigenvalue weighted by atomic mass is 79.9. The molecular weight excluding hydrogens is 270 g/mol. The second-order valence-corrected chi connectivity index (χ2v) is 8.03. The van der Waals surface area contributed by atoms with Gasteiger partial charge in [0.1, 0.15) is 6.04 Å². The van der Waals surface area contributed by atoms with E-state index in [9.17, 15) is 9.90 Å². The number of quaternary nitrogens is 1. The Kier molecular flexibility index (Phi) is 2.22. The molecule has 3 N–H and O–H groups in total. The number of hydrogen-bond donors (Lipinski definition) is 1. The molecule has 0 aliphatic heterocycles. The first-order chi connectivity index (χ1) is 7.42. The maximum Gasteiger partial charge on any atom is 0.130 e. The van der Waals surface area contributed by atoms with Crippen molar-refractivity contribution in [3.63, 3.8) is 0 Å². The van der Waals surface area contributed by atoms with Gasteiger partial charge in [-0.2, -0.15) is 0 Å². The zero-order valence-electron chi connectivity index (χ0n) is 9.38. The van der Waals surface area contributed by atoms with Crippen molar-refractivity contribution in [2.75, 3.05) is 0 Å². The number of carbonyl (C=O) groups excluding carboxylic acids is 1. The van der Waals surface area contributed by atoms with E-state index < -0.39 is 12.0 Å². The van der Waals surface area contributed by atoms with Crippen molar-refractivity contribution < 1.29 is 15.6 Å². The van der Waals surface area contributed by atoms with Crippen LogP contribution >= 0.6 is 15.9 Å². The van der Waals surface area contributed by atoms with E-state index in [-0.39, 0.29) is 9.74 Å². The van der Waals surface area contributed by atoms with Crippen LogP contribution in [0.4, 0.5) is 0 Å². The van der Waals surface area contributed by atoms with Gasteiger partial charge in [0.05, 0.1) is 5.97 Å². The van der Waals surface area contributed by atoms with E-state index in [0.29, 0.717) is 11.8 Å². The van der Waals surface area contributed by atoms with Gasteiger partial charge in [-0.05, 0) is 50.4 Å². The van der Waals surface area contributed by atoms with Crippen molar-refractivity contribution >= 4 is 21.9 Å². The molecule has 5 atom stereocenters. The normalized spacial score (nSPS) is 51.6. The summed E-state index contributed by atoms with van der Waals surface area (Å²) in [5.74, 6) is 0.464. The number of carbonyl (C=O) groups is 1. The lowest BCUT2D eigenvalue weighted by Crippen LogP contribution is -2.78. The molecule has 0 saturated heterocycles. The minimum absolute atomic E-state index is 0.0770. The SMILES string of the molecule is [NH3+][C@H](C(=O)[O-])C12C[C@@H]3C[C@@H](CC(Br)(C3)C1)C2. The molecule has 2 unspecified atom stereocenters. The summed E-state index contributed by atoms with van der Waals surface area (Å²) in [6.45, 7) is 0. The fraction of sp³-hybridized carbons (Fsp3) is 0.917. The number of alkyl halides is 1. The number of carboxylic acids is 1. The lowest BCUT2D eigenvalue weighted by Gasteiger charge is -2.61. The van der Waals surface area contributed by atoms with Crippen LogP contribution in [0.5, 0.6) is 0 Å². The van der Waals surface area contributed by atoms with Crippen LogP contribution in [-0.4, -0.2) is 16.3 Å². The van der Waals surface area contributed by atoms with Gasteiger partial charge in [0.15, 0.2) is 0 Å². The molecular formula is C12H18BrNO2. The molecule has 0 heterocycles. The van der Waals surface area contributed by atoms with Gasteiger partial charge in [0.25, 0.3) is 0 Å². The largest absolute Gasteiger partial charge is 0.544 e. The number of aliphatic carboxylic acids is 1. The summed E-state index contributed by atoms with van der Waals surface area (Å²) in [6, 6.07) is -0.532. The van der Waals surface area contributed by atoms with E-state index >= 15 is 0 Å². The smallest absolute Gasteiger partial charge is 0.130 e. The summed E-state index contributed by atoms with van der Waals surface area (Å²) in [5, 5.41) is 11.1. The third-order valence-electron chi connectivity index (χ3n) is 5.06. The lowest BCUT2D eigenvalue weighted by atomic mass is 9.47. The molecule has 3 nitrogen and oxygen atoms in total. The quantitative estimate of drug-likeness (QED) is 0.731. The second kappa shape index (κ2) is 3.22. The Morgan fingerprint density at radius 1 is 1.31 bits per heavy atom. The molecule has 4 heteroatoms. The third kappa shape index (κ3) is 1.46. The summed E-state index contributed by atoms with van der Waals surface area (Å²) in [7, 11) is 0. The molecule has 16 heavy (non-hydrogen) atoms. The Balaban J connectivity index is 1.94. The number of carboxylic acid groups (broad SMARTS) is 1. The van der Waals surface area contributed by atoms with Crippen LogP contribution in [0, 0.1) is 17.3 Å². The van der Waals surface area contributed by atoms with Crippen molar-refractivity contribution in [3.8, 4) is 0 Å². The number of hydrogen-bond acceptors (Lipinski definition) is 2. The first-order valence-electron chi connectivity index (χ1n) is 6.15. The molecule has 4 bridgehead atoms. The molecule has 0 aromatic rings. The van der Waals surface area contributed by atoms with E-state index in [0.717, 1.165) is 19.3 Å². The average molecular weight is 288 g/mol. The Morgan fingerprint density at radius 2 is 1.88 bits per heavy atom. The van der Waals surface area contributed by atoms with Gasteiger partial charge in [-0.3, -0.25) is 0 Å². The van der Waals surface area contributed by atoms with Crippen LogP contribution in [0.25, 0.3) is 0 Å². The van der Waals surface area contributed by atoms with Crippen molar-refractivity contribution in [2.45, 2.75) is 48.9 Å². The highest BCUT2D eigenvalue weighted by Crippen LogP contribution is 2.64. The first-order valence-corrected chi connectivity index (χ1v) is 6.95. The Bertz CT molecular complexity index is 330. The van der Waals surface area contributed by atoms with E-state index in [1.54, 1.807) is 0 Å². The van der Waals surface area contributed by atoms with Gasteiger partial charge in [-0.1, -0.05) is 15.9 Å². The van der Waals surface area contributed by atoms with E-state index in [1.807, 2.05) is 0 Å². The Hall–Kier alpha value is -0.0900. The van der Waals surface area contributed by atoms with Crippen molar-refractivity contribution in [1.29, 1.82) is 0 Å². The molecule has 90 valence electrons. The summed E-state index contributed by atoms with van der Waals surface area (Å²) in [6.07, 6.45) is 6.85. The lowest BCUT2D eigenvalue weighted by molar-refractivity contribution is -0.467. The summed E-state index contributed by atoms with van der Waals surface area (Å²) < 4.78 is 0.211. The fourth-order valence-corrected chi connectivity index (χ4v) is 6.35. The number of halogens is 1. The van der Waals surface area contributed by atoms with Gasteiger partial charge in [0.2, 0.25) is 0 Å². The molecule has 4 fully saturated rings. The zero-order chi connectivity index (χ0) is 11.6. The molecule has 4 aliphatic carbocycles. The first kappa shape index (κ1) is 11.0. The Morgan fingerprint density at radius 3 is 2.31 bits per heavy atom. The highest BCUT2D eigenvalue weighted by Gasteiger charge is 2.60. The molecule has 0 aromatic heterocycles. The molecule has 4 saturated carbocycles. The minimum atomic E-state index is -0.960. The van der Waals surface area contributed by atoms with Crippen molar-refractivity contribution in [2.24, 2.45) is 17.3 Å². The third-order valence-corrected chi connectivity index (χ3v) is 5.99. The van der Waals surface area contributed by atoms with Crippen LogP contribution in [0.3, 0.4) is 0 Å². The van der Waals surface area contributed by atoms with Gasteiger partial charge in [0, 0.05) is 9.74 Å². The van der Waals surface area contributed by atoms with E-state index in [4.69, 9.17) is 0 Å². The zero-order valence-corrected chi connectivity index (χ0v) is 11.0. The average Bonchev–Trinajstić information content (AvgIpc) is 2.12. The minimum Gasteiger partial charge on any atom is -0.544 e. The molecule has 0 radical (unpaired) electrons. The predicted octanol–water partition coefficient (Wildman–Crippen LogP) is 0.0807. The fourth-order valence-electron chi connectivity index (χ4n) is 4.88. The summed E-state index contributed by atoms with van der Waals surface area (Å²) in [4.78, 5) is 11.1. The maximum absolute atomic E-state index is 11.1. The molecule has 0 amide bonds. The standard InChI is InChI=1S/C12H18BrNO2/c13-12-4-7-1-8(5-12)3-11(2-7,6-12)9(14)10(15)16/h7-9H,1-6,14H2,(H,15,16)/t7-,8+,9-,11?,12?/m1/s1. The molecule has 4 rings (SSSR count). The second-order valence-electron chi connectivity index (χ2n) is 6.35. The highest BCUT2D eigenvalue weighted by molar-refractivity contribution is 9.10. The molecule has 0 aromatic carbocycles. The van der Waals surface area contributed by atoms with Gasteiger partial charge < -0.3 is 15.6 Å². The maximum atomic E-state index is 11.1.